The summed E-state index contributed by atoms with van der Waals surface area (Å²) in [5, 5.41) is 3.01. The lowest BCUT2D eigenvalue weighted by molar-refractivity contribution is -0.120. The van der Waals surface area contributed by atoms with Crippen molar-refractivity contribution >= 4 is 17.2 Å². The van der Waals surface area contributed by atoms with E-state index in [4.69, 9.17) is 14.5 Å². The molecule has 27 heavy (non-hydrogen) atoms. The Bertz CT molecular complexity index is 1010. The zero-order valence-electron chi connectivity index (χ0n) is 15.8. The summed E-state index contributed by atoms with van der Waals surface area (Å²) in [7, 11) is 3.17. The van der Waals surface area contributed by atoms with E-state index in [1.165, 1.54) is 5.56 Å². The summed E-state index contributed by atoms with van der Waals surface area (Å²) in [6.45, 7) is 2.06. The number of pyridine rings is 1. The number of fused-ring (bicyclic) bond motifs is 3. The predicted octanol–water partition coefficient (Wildman–Crippen LogP) is 3.40. The van der Waals surface area contributed by atoms with Crippen molar-refractivity contribution in [1.29, 1.82) is 0 Å². The molecule has 2 aromatic heterocycles. The number of carbonyl (C=O) groups excluding carboxylic acids is 1. The lowest BCUT2D eigenvalue weighted by Gasteiger charge is -2.21. The van der Waals surface area contributed by atoms with Crippen molar-refractivity contribution in [2.24, 2.45) is 5.92 Å². The molecule has 1 atom stereocenters. The molecule has 4 rings (SSSR count). The third kappa shape index (κ3) is 3.23. The minimum Gasteiger partial charge on any atom is -0.493 e. The van der Waals surface area contributed by atoms with E-state index in [1.807, 2.05) is 12.3 Å². The van der Waals surface area contributed by atoms with Crippen molar-refractivity contribution in [3.8, 4) is 11.5 Å². The molecule has 1 aromatic carbocycles. The van der Waals surface area contributed by atoms with Crippen LogP contribution in [0.3, 0.4) is 0 Å². The Labute approximate surface area is 158 Å². The van der Waals surface area contributed by atoms with E-state index >= 15 is 0 Å². The first-order chi connectivity index (χ1) is 13.1. The van der Waals surface area contributed by atoms with E-state index in [0.717, 1.165) is 29.9 Å². The van der Waals surface area contributed by atoms with Crippen LogP contribution in [0.1, 0.15) is 23.4 Å². The smallest absolute Gasteiger partial charge is 0.227 e. The van der Waals surface area contributed by atoms with Gasteiger partial charge < -0.3 is 19.2 Å². The van der Waals surface area contributed by atoms with Gasteiger partial charge in [-0.2, -0.15) is 0 Å². The quantitative estimate of drug-likeness (QED) is 0.770. The van der Waals surface area contributed by atoms with E-state index in [9.17, 15) is 4.79 Å². The molecule has 0 saturated heterocycles. The number of amides is 1. The van der Waals surface area contributed by atoms with Crippen molar-refractivity contribution in [2.75, 3.05) is 19.5 Å². The number of aromatic nitrogens is 2. The van der Waals surface area contributed by atoms with Crippen LogP contribution < -0.4 is 14.8 Å². The highest BCUT2D eigenvalue weighted by molar-refractivity contribution is 5.93. The number of nitrogens with zero attached hydrogens (tertiary/aromatic N) is 2. The summed E-state index contributed by atoms with van der Waals surface area (Å²) in [6.07, 6.45) is 4.36. The molecule has 0 saturated carbocycles. The third-order valence-corrected chi connectivity index (χ3v) is 5.15. The number of rotatable bonds is 4. The number of aryl methyl sites for hydroxylation is 2. The molecule has 0 spiro atoms. The van der Waals surface area contributed by atoms with E-state index in [-0.39, 0.29) is 11.8 Å². The first-order valence-electron chi connectivity index (χ1n) is 9.08. The van der Waals surface area contributed by atoms with Gasteiger partial charge in [-0.05, 0) is 49.6 Å². The number of nitrogens with one attached hydrogen (secondary N) is 1. The molecule has 2 heterocycles. The number of methoxy groups -OCH3 is 2. The van der Waals surface area contributed by atoms with Crippen molar-refractivity contribution < 1.29 is 14.3 Å². The van der Waals surface area contributed by atoms with E-state index in [1.54, 1.807) is 26.4 Å². The number of carbonyl (C=O) groups is 1. The lowest BCUT2D eigenvalue weighted by atomic mass is 9.89. The number of hydrogen-bond acceptors (Lipinski definition) is 4. The molecular formula is C21H23N3O3. The molecule has 1 aliphatic rings. The Balaban J connectivity index is 1.53. The summed E-state index contributed by atoms with van der Waals surface area (Å²) in [5.41, 5.74) is 5.10. The van der Waals surface area contributed by atoms with E-state index in [0.29, 0.717) is 23.6 Å². The van der Waals surface area contributed by atoms with Gasteiger partial charge in [0.25, 0.3) is 0 Å². The summed E-state index contributed by atoms with van der Waals surface area (Å²) in [4.78, 5) is 17.6. The average molecular weight is 365 g/mol. The summed E-state index contributed by atoms with van der Waals surface area (Å²) in [5.74, 6) is 1.18. The summed E-state index contributed by atoms with van der Waals surface area (Å²) < 4.78 is 12.7. The first kappa shape index (κ1) is 17.4. The zero-order chi connectivity index (χ0) is 19.0. The summed E-state index contributed by atoms with van der Waals surface area (Å²) in [6, 6.07) is 9.55. The highest BCUT2D eigenvalue weighted by Crippen LogP contribution is 2.31. The second-order valence-electron chi connectivity index (χ2n) is 6.94. The van der Waals surface area contributed by atoms with Gasteiger partial charge in [0, 0.05) is 36.0 Å². The van der Waals surface area contributed by atoms with E-state index < -0.39 is 0 Å². The van der Waals surface area contributed by atoms with Crippen molar-refractivity contribution in [1.82, 2.24) is 9.38 Å². The third-order valence-electron chi connectivity index (χ3n) is 5.15. The van der Waals surface area contributed by atoms with E-state index in [2.05, 4.69) is 28.8 Å². The van der Waals surface area contributed by atoms with Crippen LogP contribution >= 0.6 is 0 Å². The van der Waals surface area contributed by atoms with Crippen LogP contribution in [0, 0.1) is 12.8 Å². The highest BCUT2D eigenvalue weighted by atomic mass is 16.5. The molecule has 6 nitrogen and oxygen atoms in total. The van der Waals surface area contributed by atoms with Gasteiger partial charge in [-0.1, -0.05) is 0 Å². The Kier molecular flexibility index (Phi) is 4.48. The first-order valence-corrected chi connectivity index (χ1v) is 9.08. The summed E-state index contributed by atoms with van der Waals surface area (Å²) >= 11 is 0. The molecule has 0 aliphatic heterocycles. The van der Waals surface area contributed by atoms with Crippen LogP contribution in [0.15, 0.2) is 36.5 Å². The van der Waals surface area contributed by atoms with Gasteiger partial charge in [0.2, 0.25) is 5.91 Å². The van der Waals surface area contributed by atoms with Crippen LogP contribution in [0.25, 0.3) is 5.65 Å². The fourth-order valence-corrected chi connectivity index (χ4v) is 3.69. The molecule has 0 bridgehead atoms. The number of hydrogen-bond donors (Lipinski definition) is 1. The van der Waals surface area contributed by atoms with Crippen LogP contribution in [0.4, 0.5) is 5.69 Å². The van der Waals surface area contributed by atoms with Crippen molar-refractivity contribution in [3.63, 3.8) is 0 Å². The topological polar surface area (TPSA) is 64.9 Å². The maximum atomic E-state index is 12.8. The fourth-order valence-electron chi connectivity index (χ4n) is 3.69. The number of ether oxygens (including phenoxy) is 2. The molecule has 0 fully saturated rings. The Morgan fingerprint density at radius 3 is 2.78 bits per heavy atom. The van der Waals surface area contributed by atoms with Gasteiger partial charge in [0.1, 0.15) is 5.65 Å². The predicted molar refractivity (Wildman–Crippen MR) is 104 cm³/mol. The van der Waals surface area contributed by atoms with Crippen LogP contribution in [0.5, 0.6) is 11.5 Å². The molecule has 1 aliphatic carbocycles. The molecular weight excluding hydrogens is 342 g/mol. The van der Waals surface area contributed by atoms with Crippen molar-refractivity contribution in [2.45, 2.75) is 26.2 Å². The monoisotopic (exact) mass is 365 g/mol. The average Bonchev–Trinajstić information content (AvgIpc) is 3.04. The SMILES string of the molecule is COc1ccc(NC(=O)C2CCc3nc4cc(C)ccn4c3C2)cc1OC. The van der Waals surface area contributed by atoms with Crippen LogP contribution in [0.2, 0.25) is 0 Å². The molecule has 1 N–H and O–H groups in total. The Morgan fingerprint density at radius 2 is 2.00 bits per heavy atom. The molecule has 1 amide bonds. The maximum Gasteiger partial charge on any atom is 0.227 e. The fraction of sp³-hybridized carbons (Fsp3) is 0.333. The largest absolute Gasteiger partial charge is 0.493 e. The molecule has 140 valence electrons. The number of anilines is 1. The van der Waals surface area contributed by atoms with Gasteiger partial charge in [-0.25, -0.2) is 4.98 Å². The van der Waals surface area contributed by atoms with Gasteiger partial charge >= 0.3 is 0 Å². The van der Waals surface area contributed by atoms with Gasteiger partial charge in [0.05, 0.1) is 19.9 Å². The van der Waals surface area contributed by atoms with Gasteiger partial charge in [-0.15, -0.1) is 0 Å². The minimum absolute atomic E-state index is 0.0231. The maximum absolute atomic E-state index is 12.8. The van der Waals surface area contributed by atoms with Crippen LogP contribution in [-0.4, -0.2) is 29.5 Å². The van der Waals surface area contributed by atoms with Crippen molar-refractivity contribution in [3.05, 3.63) is 53.5 Å². The Hall–Kier alpha value is -3.02. The second kappa shape index (κ2) is 6.95. The standard InChI is InChI=1S/C21H23N3O3/c1-13-8-9-24-17-11-14(4-6-16(17)23-20(24)10-13)21(25)22-15-5-7-18(26-2)19(12-15)27-3/h5,7-10,12,14H,4,6,11H2,1-3H3,(H,22,25). The lowest BCUT2D eigenvalue weighted by Crippen LogP contribution is -2.28. The normalized spacial score (nSPS) is 16.0. The molecule has 1 unspecified atom stereocenters. The number of imidazole rings is 1. The second-order valence-corrected chi connectivity index (χ2v) is 6.94. The minimum atomic E-state index is -0.0770. The molecule has 6 heteroatoms. The molecule has 3 aromatic rings. The van der Waals surface area contributed by atoms with Gasteiger partial charge in [0.15, 0.2) is 11.5 Å². The number of benzene rings is 1. The molecule has 0 radical (unpaired) electrons. The van der Waals surface area contributed by atoms with Gasteiger partial charge in [-0.3, -0.25) is 4.79 Å². The Morgan fingerprint density at radius 1 is 1.19 bits per heavy atom. The van der Waals surface area contributed by atoms with Crippen LogP contribution in [-0.2, 0) is 17.6 Å². The zero-order valence-corrected chi connectivity index (χ0v) is 15.8. The highest BCUT2D eigenvalue weighted by Gasteiger charge is 2.28.